The molecule has 0 spiro atoms. The molecule has 1 aromatic rings. The van der Waals surface area contributed by atoms with Crippen LogP contribution in [0.2, 0.25) is 0 Å². The van der Waals surface area contributed by atoms with Crippen molar-refractivity contribution in [3.63, 3.8) is 0 Å². The first-order valence-corrected chi connectivity index (χ1v) is 6.50. The number of carbonyl (C=O) groups excluding carboxylic acids is 2. The van der Waals surface area contributed by atoms with Crippen LogP contribution < -0.4 is 5.32 Å². The van der Waals surface area contributed by atoms with Crippen LogP contribution in [0.1, 0.15) is 27.7 Å². The Hall–Kier alpha value is -2.04. The Morgan fingerprint density at radius 3 is 2.30 bits per heavy atom. The third-order valence-corrected chi connectivity index (χ3v) is 3.37. The molecule has 0 heterocycles. The third-order valence-electron chi connectivity index (χ3n) is 3.37. The van der Waals surface area contributed by atoms with Gasteiger partial charge in [-0.1, -0.05) is 32.0 Å². The zero-order chi connectivity index (χ0) is 15.2. The van der Waals surface area contributed by atoms with Crippen LogP contribution in [0.25, 0.3) is 0 Å². The molecule has 1 rings (SSSR count). The van der Waals surface area contributed by atoms with Crippen molar-refractivity contribution >= 4 is 17.7 Å². The van der Waals surface area contributed by atoms with Gasteiger partial charge in [-0.15, -0.1) is 0 Å². The van der Waals surface area contributed by atoms with Crippen LogP contribution in [-0.4, -0.2) is 18.9 Å². The van der Waals surface area contributed by atoms with E-state index < -0.39 is 18.3 Å². The van der Waals surface area contributed by atoms with Gasteiger partial charge in [0, 0.05) is 5.69 Å². The maximum Gasteiger partial charge on any atom is 0.414 e. The van der Waals surface area contributed by atoms with E-state index in [1.54, 1.807) is 38.1 Å². The van der Waals surface area contributed by atoms with E-state index in [4.69, 9.17) is 9.47 Å². The van der Waals surface area contributed by atoms with Crippen molar-refractivity contribution in [3.05, 3.63) is 30.3 Å². The molecule has 5 nitrogen and oxygen atoms in total. The molecule has 1 amide bonds. The summed E-state index contributed by atoms with van der Waals surface area (Å²) in [4.78, 5) is 23.3. The summed E-state index contributed by atoms with van der Waals surface area (Å²) in [5.74, 6) is -0.256. The Bertz CT molecular complexity index is 454. The number of ether oxygens (including phenoxy) is 2. The molecule has 0 fully saturated rings. The lowest BCUT2D eigenvalue weighted by atomic mass is 9.81. The van der Waals surface area contributed by atoms with Crippen LogP contribution in [0, 0.1) is 11.3 Å². The fraction of sp³-hybridized carbons (Fsp3) is 0.467. The normalized spacial score (nSPS) is 11.1. The van der Waals surface area contributed by atoms with E-state index in [9.17, 15) is 9.59 Å². The largest absolute Gasteiger partial charge is 0.427 e. The molecule has 5 heteroatoms. The van der Waals surface area contributed by atoms with E-state index in [1.807, 2.05) is 19.9 Å². The average Bonchev–Trinajstić information content (AvgIpc) is 2.39. The average molecular weight is 279 g/mol. The second kappa shape index (κ2) is 6.93. The molecule has 0 unspecified atom stereocenters. The molecular formula is C15H21NO4. The van der Waals surface area contributed by atoms with E-state index in [2.05, 4.69) is 5.32 Å². The van der Waals surface area contributed by atoms with Gasteiger partial charge < -0.3 is 9.47 Å². The summed E-state index contributed by atoms with van der Waals surface area (Å²) in [6.45, 7) is 7.07. The molecule has 0 aliphatic heterocycles. The molecule has 1 N–H and O–H groups in total. The third kappa shape index (κ3) is 4.57. The molecule has 110 valence electrons. The number of rotatable bonds is 5. The minimum absolute atomic E-state index is 0.133. The van der Waals surface area contributed by atoms with Gasteiger partial charge in [-0.3, -0.25) is 10.1 Å². The van der Waals surface area contributed by atoms with Crippen molar-refractivity contribution < 1.29 is 19.1 Å². The first-order chi connectivity index (χ1) is 9.34. The van der Waals surface area contributed by atoms with Gasteiger partial charge in [0.15, 0.2) is 0 Å². The van der Waals surface area contributed by atoms with Crippen molar-refractivity contribution in [2.75, 3.05) is 12.1 Å². The Kier molecular flexibility index (Phi) is 5.55. The van der Waals surface area contributed by atoms with Crippen molar-refractivity contribution in [3.8, 4) is 0 Å². The van der Waals surface area contributed by atoms with Gasteiger partial charge in [0.2, 0.25) is 6.79 Å². The zero-order valence-electron chi connectivity index (χ0n) is 12.3. The summed E-state index contributed by atoms with van der Waals surface area (Å²) in [5.41, 5.74) is 0.00514. The van der Waals surface area contributed by atoms with Crippen LogP contribution >= 0.6 is 0 Å². The quantitative estimate of drug-likeness (QED) is 0.662. The van der Waals surface area contributed by atoms with Gasteiger partial charge in [0.1, 0.15) is 0 Å². The number of hydrogen-bond donors (Lipinski definition) is 1. The summed E-state index contributed by atoms with van der Waals surface area (Å²) >= 11 is 0. The van der Waals surface area contributed by atoms with Crippen LogP contribution in [0.3, 0.4) is 0 Å². The molecule has 0 aliphatic carbocycles. The standard InChI is InChI=1S/C15H21NO4/c1-11(2)15(3,4)13(17)19-10-20-14(18)16-12-8-6-5-7-9-12/h5-9,11H,10H2,1-4H3,(H,16,18). The van der Waals surface area contributed by atoms with E-state index >= 15 is 0 Å². The van der Waals surface area contributed by atoms with Gasteiger partial charge in [0.25, 0.3) is 0 Å². The Morgan fingerprint density at radius 1 is 1.15 bits per heavy atom. The summed E-state index contributed by atoms with van der Waals surface area (Å²) in [6, 6.07) is 8.89. The lowest BCUT2D eigenvalue weighted by Gasteiger charge is -2.26. The van der Waals surface area contributed by atoms with Crippen LogP contribution in [0.5, 0.6) is 0 Å². The second-order valence-corrected chi connectivity index (χ2v) is 5.35. The molecule has 0 bridgehead atoms. The van der Waals surface area contributed by atoms with Crippen molar-refractivity contribution in [2.45, 2.75) is 27.7 Å². The van der Waals surface area contributed by atoms with Crippen molar-refractivity contribution in [2.24, 2.45) is 11.3 Å². The maximum atomic E-state index is 11.8. The summed E-state index contributed by atoms with van der Waals surface area (Å²) in [5, 5.41) is 2.52. The van der Waals surface area contributed by atoms with Gasteiger partial charge >= 0.3 is 12.1 Å². The van der Waals surface area contributed by atoms with Crippen molar-refractivity contribution in [1.82, 2.24) is 0 Å². The van der Waals surface area contributed by atoms with Gasteiger partial charge in [-0.2, -0.15) is 0 Å². The lowest BCUT2D eigenvalue weighted by Crippen LogP contribution is -2.32. The number of benzene rings is 1. The maximum absolute atomic E-state index is 11.8. The second-order valence-electron chi connectivity index (χ2n) is 5.35. The highest BCUT2D eigenvalue weighted by Gasteiger charge is 2.33. The van der Waals surface area contributed by atoms with Gasteiger partial charge in [-0.25, -0.2) is 4.79 Å². The monoisotopic (exact) mass is 279 g/mol. The molecule has 0 saturated carbocycles. The molecule has 0 radical (unpaired) electrons. The predicted octanol–water partition coefficient (Wildman–Crippen LogP) is 3.42. The lowest BCUT2D eigenvalue weighted by molar-refractivity contribution is -0.164. The number of amides is 1. The summed E-state index contributed by atoms with van der Waals surface area (Å²) in [7, 11) is 0. The fourth-order valence-electron chi connectivity index (χ4n) is 1.23. The number of para-hydroxylation sites is 1. The number of esters is 1. The van der Waals surface area contributed by atoms with Gasteiger partial charge in [-0.05, 0) is 31.9 Å². The van der Waals surface area contributed by atoms with Crippen molar-refractivity contribution in [1.29, 1.82) is 0 Å². The van der Waals surface area contributed by atoms with E-state index in [-0.39, 0.29) is 11.9 Å². The fourth-order valence-corrected chi connectivity index (χ4v) is 1.23. The first kappa shape index (κ1) is 16.0. The predicted molar refractivity (Wildman–Crippen MR) is 76.1 cm³/mol. The summed E-state index contributed by atoms with van der Waals surface area (Å²) in [6.07, 6.45) is -0.661. The Balaban J connectivity index is 2.34. The number of anilines is 1. The van der Waals surface area contributed by atoms with E-state index in [0.717, 1.165) is 0 Å². The molecule has 0 saturated heterocycles. The Labute approximate surface area is 119 Å². The first-order valence-electron chi connectivity index (χ1n) is 6.50. The molecule has 0 atom stereocenters. The minimum Gasteiger partial charge on any atom is -0.427 e. The van der Waals surface area contributed by atoms with E-state index in [0.29, 0.717) is 5.69 Å². The molecule has 1 aromatic carbocycles. The highest BCUT2D eigenvalue weighted by Crippen LogP contribution is 2.27. The molecular weight excluding hydrogens is 258 g/mol. The van der Waals surface area contributed by atoms with Crippen LogP contribution in [-0.2, 0) is 14.3 Å². The molecule has 20 heavy (non-hydrogen) atoms. The highest BCUT2D eigenvalue weighted by atomic mass is 16.7. The van der Waals surface area contributed by atoms with E-state index in [1.165, 1.54) is 0 Å². The number of hydrogen-bond acceptors (Lipinski definition) is 4. The Morgan fingerprint density at radius 2 is 1.75 bits per heavy atom. The zero-order valence-corrected chi connectivity index (χ0v) is 12.3. The van der Waals surface area contributed by atoms with Crippen LogP contribution in [0.15, 0.2) is 30.3 Å². The topological polar surface area (TPSA) is 64.6 Å². The molecule has 0 aromatic heterocycles. The summed E-state index contributed by atoms with van der Waals surface area (Å²) < 4.78 is 9.75. The minimum atomic E-state index is -0.661. The van der Waals surface area contributed by atoms with Gasteiger partial charge in [0.05, 0.1) is 5.41 Å². The number of nitrogens with one attached hydrogen (secondary N) is 1. The smallest absolute Gasteiger partial charge is 0.414 e. The SMILES string of the molecule is CC(C)C(C)(C)C(=O)OCOC(=O)Nc1ccccc1. The highest BCUT2D eigenvalue weighted by molar-refractivity contribution is 5.84. The van der Waals surface area contributed by atoms with Crippen LogP contribution in [0.4, 0.5) is 10.5 Å². The number of carbonyl (C=O) groups is 2. The molecule has 0 aliphatic rings.